The average Bonchev–Trinajstić information content (AvgIpc) is 2.41. The van der Waals surface area contributed by atoms with Gasteiger partial charge in [0.05, 0.1) is 0 Å². The van der Waals surface area contributed by atoms with Crippen molar-refractivity contribution >= 4 is 0 Å². The molecule has 1 aromatic rings. The zero-order valence-electron chi connectivity index (χ0n) is 8.88. The Hall–Kier alpha value is -0.960. The maximum atomic E-state index is 4.62. The topological polar surface area (TPSA) is 37.8 Å². The highest BCUT2D eigenvalue weighted by Gasteiger charge is 2.11. The van der Waals surface area contributed by atoms with Crippen LogP contribution in [0.15, 0.2) is 6.20 Å². The molecule has 1 aliphatic heterocycles. The quantitative estimate of drug-likeness (QED) is 0.727. The Labute approximate surface area is 85.0 Å². The minimum atomic E-state index is 0.427. The Morgan fingerprint density at radius 1 is 1.29 bits per heavy atom. The van der Waals surface area contributed by atoms with E-state index in [0.717, 1.165) is 31.8 Å². The fraction of sp³-hybridized carbons (Fsp3) is 0.636. The van der Waals surface area contributed by atoms with Gasteiger partial charge in [0.25, 0.3) is 0 Å². The largest absolute Gasteiger partial charge is 0.316 e. The summed E-state index contributed by atoms with van der Waals surface area (Å²) in [6.45, 7) is 6.37. The molecular formula is C11H17N3. The second kappa shape index (κ2) is 4.05. The van der Waals surface area contributed by atoms with Gasteiger partial charge < -0.3 is 5.32 Å². The Bertz CT molecular complexity index is 320. The van der Waals surface area contributed by atoms with Crippen LogP contribution in [0, 0.1) is 0 Å². The van der Waals surface area contributed by atoms with E-state index in [1.54, 1.807) is 0 Å². The van der Waals surface area contributed by atoms with Crippen LogP contribution in [0.2, 0.25) is 0 Å². The van der Waals surface area contributed by atoms with Crippen molar-refractivity contribution in [1.29, 1.82) is 0 Å². The summed E-state index contributed by atoms with van der Waals surface area (Å²) in [4.78, 5) is 9.02. The molecular weight excluding hydrogens is 174 g/mol. The molecule has 14 heavy (non-hydrogen) atoms. The number of aromatic nitrogens is 2. The molecule has 2 heterocycles. The molecule has 0 saturated carbocycles. The first-order valence-corrected chi connectivity index (χ1v) is 5.33. The van der Waals surface area contributed by atoms with Gasteiger partial charge in [0.15, 0.2) is 0 Å². The third-order valence-corrected chi connectivity index (χ3v) is 2.60. The molecule has 2 rings (SSSR count). The molecule has 1 aliphatic rings. The summed E-state index contributed by atoms with van der Waals surface area (Å²) < 4.78 is 0. The first-order chi connectivity index (χ1) is 6.77. The van der Waals surface area contributed by atoms with Crippen molar-refractivity contribution in [2.24, 2.45) is 0 Å². The first-order valence-electron chi connectivity index (χ1n) is 5.33. The molecule has 76 valence electrons. The zero-order valence-corrected chi connectivity index (χ0v) is 8.88. The van der Waals surface area contributed by atoms with E-state index in [9.17, 15) is 0 Å². The molecule has 0 aliphatic carbocycles. The van der Waals surface area contributed by atoms with Crippen molar-refractivity contribution in [3.05, 3.63) is 23.3 Å². The third kappa shape index (κ3) is 1.93. The van der Waals surface area contributed by atoms with Gasteiger partial charge in [-0.05, 0) is 18.5 Å². The van der Waals surface area contributed by atoms with Crippen molar-refractivity contribution in [2.75, 3.05) is 13.1 Å². The molecule has 0 bridgehead atoms. The highest BCUT2D eigenvalue weighted by Crippen LogP contribution is 2.14. The van der Waals surface area contributed by atoms with Crippen LogP contribution in [0.1, 0.15) is 36.8 Å². The highest BCUT2D eigenvalue weighted by molar-refractivity contribution is 5.20. The maximum Gasteiger partial charge on any atom is 0.131 e. The molecule has 0 atom stereocenters. The predicted molar refractivity (Wildman–Crippen MR) is 56.4 cm³/mol. The van der Waals surface area contributed by atoms with E-state index in [4.69, 9.17) is 0 Å². The van der Waals surface area contributed by atoms with Gasteiger partial charge >= 0.3 is 0 Å². The lowest BCUT2D eigenvalue weighted by molar-refractivity contribution is 0.705. The van der Waals surface area contributed by atoms with Crippen LogP contribution in [0.3, 0.4) is 0 Å². The van der Waals surface area contributed by atoms with Gasteiger partial charge in [-0.1, -0.05) is 13.8 Å². The maximum absolute atomic E-state index is 4.62. The fourth-order valence-corrected chi connectivity index (χ4v) is 1.72. The third-order valence-electron chi connectivity index (χ3n) is 2.60. The van der Waals surface area contributed by atoms with Crippen LogP contribution >= 0.6 is 0 Å². The Morgan fingerprint density at radius 2 is 2.07 bits per heavy atom. The van der Waals surface area contributed by atoms with E-state index in [1.807, 2.05) is 6.20 Å². The number of hydrogen-bond donors (Lipinski definition) is 1. The molecule has 1 N–H and O–H groups in total. The molecule has 0 fully saturated rings. The summed E-state index contributed by atoms with van der Waals surface area (Å²) in [5.41, 5.74) is 2.56. The minimum absolute atomic E-state index is 0.427. The number of hydrogen-bond acceptors (Lipinski definition) is 3. The van der Waals surface area contributed by atoms with Gasteiger partial charge in [-0.25, -0.2) is 9.97 Å². The summed E-state index contributed by atoms with van der Waals surface area (Å²) in [5.74, 6) is 1.40. The minimum Gasteiger partial charge on any atom is -0.316 e. The molecule has 0 amide bonds. The molecule has 3 nitrogen and oxygen atoms in total. The van der Waals surface area contributed by atoms with Crippen LogP contribution in [-0.2, 0) is 12.8 Å². The van der Waals surface area contributed by atoms with E-state index in [2.05, 4.69) is 29.1 Å². The SMILES string of the molecule is CC(C)c1ncc2c(n1)CCNCC2. The van der Waals surface area contributed by atoms with Crippen molar-refractivity contribution in [3.63, 3.8) is 0 Å². The van der Waals surface area contributed by atoms with Crippen LogP contribution in [0.4, 0.5) is 0 Å². The molecule has 0 unspecified atom stereocenters. The van der Waals surface area contributed by atoms with Gasteiger partial charge in [-0.3, -0.25) is 0 Å². The lowest BCUT2D eigenvalue weighted by atomic mass is 10.1. The molecule has 3 heteroatoms. The van der Waals surface area contributed by atoms with Crippen LogP contribution < -0.4 is 5.32 Å². The van der Waals surface area contributed by atoms with E-state index >= 15 is 0 Å². The molecule has 0 radical (unpaired) electrons. The number of fused-ring (bicyclic) bond motifs is 1. The standard InChI is InChI=1S/C11H17N3/c1-8(2)11-13-7-9-3-5-12-6-4-10(9)14-11/h7-8,12H,3-6H2,1-2H3. The van der Waals surface area contributed by atoms with Gasteiger partial charge in [-0.15, -0.1) is 0 Å². The van der Waals surface area contributed by atoms with E-state index in [0.29, 0.717) is 5.92 Å². The van der Waals surface area contributed by atoms with Gasteiger partial charge in [0, 0.05) is 30.8 Å². The number of rotatable bonds is 1. The van der Waals surface area contributed by atoms with Gasteiger partial charge in [0.1, 0.15) is 5.82 Å². The van der Waals surface area contributed by atoms with Crippen LogP contribution in [0.5, 0.6) is 0 Å². The summed E-state index contributed by atoms with van der Waals surface area (Å²) in [6, 6.07) is 0. The fourth-order valence-electron chi connectivity index (χ4n) is 1.72. The second-order valence-electron chi connectivity index (χ2n) is 4.10. The summed E-state index contributed by atoms with van der Waals surface area (Å²) in [6.07, 6.45) is 4.11. The molecule has 0 aromatic carbocycles. The monoisotopic (exact) mass is 191 g/mol. The predicted octanol–water partition coefficient (Wildman–Crippen LogP) is 1.29. The van der Waals surface area contributed by atoms with Gasteiger partial charge in [0.2, 0.25) is 0 Å². The van der Waals surface area contributed by atoms with Crippen molar-refractivity contribution in [3.8, 4) is 0 Å². The van der Waals surface area contributed by atoms with Crippen molar-refractivity contribution < 1.29 is 0 Å². The van der Waals surface area contributed by atoms with Crippen LogP contribution in [0.25, 0.3) is 0 Å². The Kier molecular flexibility index (Phi) is 2.77. The van der Waals surface area contributed by atoms with Crippen LogP contribution in [-0.4, -0.2) is 23.1 Å². The highest BCUT2D eigenvalue weighted by atomic mass is 14.9. The lowest BCUT2D eigenvalue weighted by Gasteiger charge is -2.08. The van der Waals surface area contributed by atoms with E-state index in [1.165, 1.54) is 11.3 Å². The summed E-state index contributed by atoms with van der Waals surface area (Å²) in [7, 11) is 0. The van der Waals surface area contributed by atoms with Crippen molar-refractivity contribution in [2.45, 2.75) is 32.6 Å². The Balaban J connectivity index is 2.32. The van der Waals surface area contributed by atoms with E-state index < -0.39 is 0 Å². The normalized spacial score (nSPS) is 16.5. The lowest BCUT2D eigenvalue weighted by Crippen LogP contribution is -2.16. The smallest absolute Gasteiger partial charge is 0.131 e. The van der Waals surface area contributed by atoms with Crippen molar-refractivity contribution in [1.82, 2.24) is 15.3 Å². The van der Waals surface area contributed by atoms with E-state index in [-0.39, 0.29) is 0 Å². The molecule has 1 aromatic heterocycles. The first kappa shape index (κ1) is 9.59. The Morgan fingerprint density at radius 3 is 2.86 bits per heavy atom. The second-order valence-corrected chi connectivity index (χ2v) is 4.10. The summed E-state index contributed by atoms with van der Waals surface area (Å²) >= 11 is 0. The zero-order chi connectivity index (χ0) is 9.97. The number of nitrogens with zero attached hydrogens (tertiary/aromatic N) is 2. The number of nitrogens with one attached hydrogen (secondary N) is 1. The molecule has 0 spiro atoms. The van der Waals surface area contributed by atoms with Gasteiger partial charge in [-0.2, -0.15) is 0 Å². The average molecular weight is 191 g/mol. The molecule has 0 saturated heterocycles. The summed E-state index contributed by atoms with van der Waals surface area (Å²) in [5, 5.41) is 3.38.